The molecule has 0 spiro atoms. The van der Waals surface area contributed by atoms with E-state index in [4.69, 9.17) is 0 Å². The van der Waals surface area contributed by atoms with Gasteiger partial charge < -0.3 is 5.32 Å². The molecule has 0 aliphatic carbocycles. The number of amides is 1. The van der Waals surface area contributed by atoms with Crippen LogP contribution in [0.15, 0.2) is 18.2 Å². The summed E-state index contributed by atoms with van der Waals surface area (Å²) in [6.07, 6.45) is 3.67. The molecule has 19 heavy (non-hydrogen) atoms. The third-order valence-electron chi connectivity index (χ3n) is 4.14. The van der Waals surface area contributed by atoms with Crippen LogP contribution in [-0.2, 0) is 11.2 Å². The predicted molar refractivity (Wildman–Crippen MR) is 83.7 cm³/mol. The van der Waals surface area contributed by atoms with Gasteiger partial charge in [-0.25, -0.2) is 0 Å². The van der Waals surface area contributed by atoms with Crippen molar-refractivity contribution in [3.05, 3.63) is 29.3 Å². The Hall–Kier alpha value is -0.830. The largest absolute Gasteiger partial charge is 0.326 e. The highest BCUT2D eigenvalue weighted by Gasteiger charge is 2.27. The average Bonchev–Trinajstić information content (AvgIpc) is 2.57. The van der Waals surface area contributed by atoms with Gasteiger partial charge in [0.25, 0.3) is 0 Å². The van der Waals surface area contributed by atoms with Crippen molar-refractivity contribution in [1.29, 1.82) is 0 Å². The highest BCUT2D eigenvalue weighted by atomic mass is 79.9. The molecule has 0 bridgehead atoms. The number of carbonyl (C=O) groups excluding carboxylic acids is 1. The summed E-state index contributed by atoms with van der Waals surface area (Å²) in [5, 5.41) is 2.99. The molecule has 0 saturated heterocycles. The number of halogens is 1. The first-order valence-corrected chi connectivity index (χ1v) is 7.92. The van der Waals surface area contributed by atoms with Crippen molar-refractivity contribution in [3.63, 3.8) is 0 Å². The molecule has 2 rings (SSSR count). The maximum atomic E-state index is 11.5. The van der Waals surface area contributed by atoms with Gasteiger partial charge in [0.2, 0.25) is 5.91 Å². The lowest BCUT2D eigenvalue weighted by Crippen LogP contribution is -2.17. The third-order valence-corrected chi connectivity index (χ3v) is 5.91. The van der Waals surface area contributed by atoms with Crippen molar-refractivity contribution in [1.82, 2.24) is 0 Å². The second-order valence-electron chi connectivity index (χ2n) is 6.02. The number of hydrogen-bond acceptors (Lipinski definition) is 1. The number of carbonyl (C=O) groups is 1. The molecule has 1 aromatic carbocycles. The number of rotatable bonds is 3. The summed E-state index contributed by atoms with van der Waals surface area (Å²) in [7, 11) is 0. The molecule has 0 saturated carbocycles. The Labute approximate surface area is 124 Å². The summed E-state index contributed by atoms with van der Waals surface area (Å²) in [6, 6.07) is 6.42. The van der Waals surface area contributed by atoms with Crippen LogP contribution in [0.4, 0.5) is 5.69 Å². The summed E-state index contributed by atoms with van der Waals surface area (Å²) in [5.74, 6) is 0.135. The second-order valence-corrected chi connectivity index (χ2v) is 6.94. The van der Waals surface area contributed by atoms with E-state index in [9.17, 15) is 4.79 Å². The van der Waals surface area contributed by atoms with Gasteiger partial charge in [0.1, 0.15) is 0 Å². The maximum Gasteiger partial charge on any atom is 0.224 e. The SMILES string of the molecule is CCC(C)(C)C(Br)c1ccc2c(c1)CCCC(=O)N2. The molecule has 1 heterocycles. The quantitative estimate of drug-likeness (QED) is 0.793. The Morgan fingerprint density at radius 2 is 2.11 bits per heavy atom. The zero-order valence-electron chi connectivity index (χ0n) is 11.9. The molecular formula is C16H22BrNO. The van der Waals surface area contributed by atoms with E-state index in [2.05, 4.69) is 54.2 Å². The van der Waals surface area contributed by atoms with Crippen molar-refractivity contribution in [3.8, 4) is 0 Å². The highest BCUT2D eigenvalue weighted by molar-refractivity contribution is 9.09. The smallest absolute Gasteiger partial charge is 0.224 e. The van der Waals surface area contributed by atoms with Crippen molar-refractivity contribution in [2.24, 2.45) is 5.41 Å². The van der Waals surface area contributed by atoms with Gasteiger partial charge in [0.15, 0.2) is 0 Å². The van der Waals surface area contributed by atoms with E-state index < -0.39 is 0 Å². The van der Waals surface area contributed by atoms with E-state index >= 15 is 0 Å². The molecule has 104 valence electrons. The van der Waals surface area contributed by atoms with E-state index in [1.165, 1.54) is 11.1 Å². The first-order chi connectivity index (χ1) is 8.94. The van der Waals surface area contributed by atoms with Crippen LogP contribution >= 0.6 is 15.9 Å². The minimum atomic E-state index is 0.135. The van der Waals surface area contributed by atoms with E-state index in [1.807, 2.05) is 6.07 Å². The first kappa shape index (κ1) is 14.6. The molecule has 2 nitrogen and oxygen atoms in total. The summed E-state index contributed by atoms with van der Waals surface area (Å²) < 4.78 is 0. The van der Waals surface area contributed by atoms with Crippen LogP contribution in [0.1, 0.15) is 56.0 Å². The lowest BCUT2D eigenvalue weighted by atomic mass is 9.82. The van der Waals surface area contributed by atoms with E-state index in [1.54, 1.807) is 0 Å². The van der Waals surface area contributed by atoms with Crippen molar-refractivity contribution >= 4 is 27.5 Å². The molecule has 1 aliphatic rings. The molecule has 1 aliphatic heterocycles. The van der Waals surface area contributed by atoms with Gasteiger partial charge in [0, 0.05) is 16.9 Å². The average molecular weight is 324 g/mol. The third kappa shape index (κ3) is 3.19. The molecule has 1 N–H and O–H groups in total. The summed E-state index contributed by atoms with van der Waals surface area (Å²) in [5.41, 5.74) is 3.78. The number of alkyl halides is 1. The van der Waals surface area contributed by atoms with Gasteiger partial charge in [0.05, 0.1) is 0 Å². The van der Waals surface area contributed by atoms with Crippen LogP contribution in [0, 0.1) is 5.41 Å². The number of nitrogens with one attached hydrogen (secondary N) is 1. The van der Waals surface area contributed by atoms with Gasteiger partial charge in [-0.1, -0.05) is 48.8 Å². The number of benzene rings is 1. The first-order valence-electron chi connectivity index (χ1n) is 7.01. The molecule has 0 radical (unpaired) electrons. The van der Waals surface area contributed by atoms with Crippen LogP contribution in [0.2, 0.25) is 0 Å². The van der Waals surface area contributed by atoms with E-state index in [-0.39, 0.29) is 11.3 Å². The van der Waals surface area contributed by atoms with Crippen LogP contribution in [0.3, 0.4) is 0 Å². The lowest BCUT2D eigenvalue weighted by molar-refractivity contribution is -0.116. The molecule has 0 fully saturated rings. The topological polar surface area (TPSA) is 29.1 Å². The van der Waals surface area contributed by atoms with Gasteiger partial charge in [-0.2, -0.15) is 0 Å². The zero-order chi connectivity index (χ0) is 14.0. The Morgan fingerprint density at radius 1 is 1.37 bits per heavy atom. The normalized spacial score (nSPS) is 17.4. The number of anilines is 1. The van der Waals surface area contributed by atoms with E-state index in [0.717, 1.165) is 24.9 Å². The number of aryl methyl sites for hydroxylation is 1. The lowest BCUT2D eigenvalue weighted by Gasteiger charge is -2.30. The van der Waals surface area contributed by atoms with E-state index in [0.29, 0.717) is 11.2 Å². The molecule has 1 unspecified atom stereocenters. The van der Waals surface area contributed by atoms with Crippen LogP contribution < -0.4 is 5.32 Å². The van der Waals surface area contributed by atoms with Crippen LogP contribution in [-0.4, -0.2) is 5.91 Å². The molecular weight excluding hydrogens is 302 g/mol. The predicted octanol–water partition coefficient (Wildman–Crippen LogP) is 4.83. The molecule has 1 aromatic rings. The van der Waals surface area contributed by atoms with Gasteiger partial charge in [-0.3, -0.25) is 4.79 Å². The Kier molecular flexibility index (Phi) is 4.34. The minimum Gasteiger partial charge on any atom is -0.326 e. The zero-order valence-corrected chi connectivity index (χ0v) is 13.5. The minimum absolute atomic E-state index is 0.135. The van der Waals surface area contributed by atoms with Gasteiger partial charge >= 0.3 is 0 Å². The standard InChI is InChI=1S/C16H22BrNO/c1-4-16(2,3)15(17)12-8-9-13-11(10-12)6-5-7-14(19)18-13/h8-10,15H,4-7H2,1-3H3,(H,18,19). The Morgan fingerprint density at radius 3 is 2.79 bits per heavy atom. The fourth-order valence-electron chi connectivity index (χ4n) is 2.38. The molecule has 0 aromatic heterocycles. The van der Waals surface area contributed by atoms with Gasteiger partial charge in [-0.15, -0.1) is 0 Å². The van der Waals surface area contributed by atoms with Crippen molar-refractivity contribution in [2.45, 2.75) is 51.3 Å². The Balaban J connectivity index is 2.31. The molecule has 1 amide bonds. The number of hydrogen-bond donors (Lipinski definition) is 1. The second kappa shape index (κ2) is 5.66. The fourth-order valence-corrected chi connectivity index (χ4v) is 2.99. The van der Waals surface area contributed by atoms with Crippen LogP contribution in [0.25, 0.3) is 0 Å². The summed E-state index contributed by atoms with van der Waals surface area (Å²) in [6.45, 7) is 6.78. The number of fused-ring (bicyclic) bond motifs is 1. The Bertz CT molecular complexity index is 482. The highest BCUT2D eigenvalue weighted by Crippen LogP contribution is 2.43. The summed E-state index contributed by atoms with van der Waals surface area (Å²) in [4.78, 5) is 11.9. The van der Waals surface area contributed by atoms with Gasteiger partial charge in [-0.05, 0) is 41.9 Å². The summed E-state index contributed by atoms with van der Waals surface area (Å²) >= 11 is 3.84. The molecule has 3 heteroatoms. The molecule has 1 atom stereocenters. The fraction of sp³-hybridized carbons (Fsp3) is 0.562. The maximum absolute atomic E-state index is 11.5. The van der Waals surface area contributed by atoms with Crippen molar-refractivity contribution < 1.29 is 4.79 Å². The van der Waals surface area contributed by atoms with Crippen molar-refractivity contribution in [2.75, 3.05) is 5.32 Å². The van der Waals surface area contributed by atoms with Crippen LogP contribution in [0.5, 0.6) is 0 Å². The monoisotopic (exact) mass is 323 g/mol.